The van der Waals surface area contributed by atoms with Gasteiger partial charge < -0.3 is 38.5 Å². The zero-order valence-electron chi connectivity index (χ0n) is 39.8. The summed E-state index contributed by atoms with van der Waals surface area (Å²) in [4.78, 5) is 58.2. The molecule has 3 fully saturated rings. The number of amides is 1. The Bertz CT molecular complexity index is 1590. The highest BCUT2D eigenvalue weighted by Gasteiger charge is 2.56. The Morgan fingerprint density at radius 1 is 0.967 bits per heavy atom. The van der Waals surface area contributed by atoms with Gasteiger partial charge in [-0.05, 0) is 126 Å². The predicted octanol–water partition coefficient (Wildman–Crippen LogP) is 7.88. The Hall–Kier alpha value is -2.26. The molecule has 13 unspecified atom stereocenters. The van der Waals surface area contributed by atoms with Gasteiger partial charge in [0.15, 0.2) is 8.32 Å². The molecule has 3 heterocycles. The van der Waals surface area contributed by atoms with Gasteiger partial charge in [-0.1, -0.05) is 66.2 Å². The first-order valence-corrected chi connectivity index (χ1v) is 26.1. The minimum absolute atomic E-state index is 0.0168. The highest BCUT2D eigenvalue weighted by Crippen LogP contribution is 2.42. The molecule has 61 heavy (non-hydrogen) atoms. The quantitative estimate of drug-likeness (QED) is 0.111. The number of fused-ring (bicyclic) bond motifs is 3. The van der Waals surface area contributed by atoms with Crippen molar-refractivity contribution >= 4 is 31.8 Å². The second-order valence-electron chi connectivity index (χ2n) is 20.7. The molecule has 13 atom stereocenters. The highest BCUT2D eigenvalue weighted by atomic mass is 28.4. The van der Waals surface area contributed by atoms with Gasteiger partial charge in [-0.15, -0.1) is 0 Å². The van der Waals surface area contributed by atoms with Gasteiger partial charge in [0.05, 0.1) is 24.4 Å². The summed E-state index contributed by atoms with van der Waals surface area (Å²) >= 11 is 0. The van der Waals surface area contributed by atoms with Gasteiger partial charge in [-0.2, -0.15) is 0 Å². The lowest BCUT2D eigenvalue weighted by molar-refractivity contribution is -0.302. The van der Waals surface area contributed by atoms with E-state index in [4.69, 9.17) is 23.4 Å². The third-order valence-corrected chi connectivity index (χ3v) is 19.2. The average Bonchev–Trinajstić information content (AvgIpc) is 3.20. The lowest BCUT2D eigenvalue weighted by Crippen LogP contribution is -2.64. The summed E-state index contributed by atoms with van der Waals surface area (Å²) in [6, 6.07) is -1.05. The molecule has 1 saturated carbocycles. The molecule has 2 saturated heterocycles. The molecular formula is C48H81NO11Si. The van der Waals surface area contributed by atoms with Crippen LogP contribution in [0.25, 0.3) is 0 Å². The Kier molecular flexibility index (Phi) is 18.2. The van der Waals surface area contributed by atoms with Crippen LogP contribution in [0.15, 0.2) is 23.3 Å². The number of esters is 1. The maximum atomic E-state index is 14.5. The Morgan fingerprint density at radius 3 is 2.25 bits per heavy atom. The van der Waals surface area contributed by atoms with Crippen LogP contribution >= 0.6 is 0 Å². The van der Waals surface area contributed by atoms with E-state index in [2.05, 4.69) is 52.9 Å². The van der Waals surface area contributed by atoms with Crippen molar-refractivity contribution in [3.05, 3.63) is 23.3 Å². The Balaban J connectivity index is 1.73. The third kappa shape index (κ3) is 12.5. The molecule has 348 valence electrons. The fourth-order valence-corrected chi connectivity index (χ4v) is 11.2. The first-order valence-electron chi connectivity index (χ1n) is 23.2. The number of cyclic esters (lactones) is 1. The van der Waals surface area contributed by atoms with Gasteiger partial charge >= 0.3 is 5.97 Å². The summed E-state index contributed by atoms with van der Waals surface area (Å²) in [5.74, 6) is -6.22. The molecule has 3 aliphatic heterocycles. The number of aliphatic hydroxyl groups is 2. The lowest BCUT2D eigenvalue weighted by atomic mass is 9.82. The SMILES string of the molecule is CCC1C=C(C)CC(C)CC(OC)C2OC(O)(C(=O)C(=O)N3CCCCC3C(=O)OC(C(C)=CC3CCC(O)C(O[Si](C)(C)C(C)(C)C)C3)C(C)CCC1=O)C(C)CC2OC. The van der Waals surface area contributed by atoms with Crippen molar-refractivity contribution in [3.8, 4) is 0 Å². The number of hydrogen-bond acceptors (Lipinski definition) is 11. The number of carbonyl (C=O) groups excluding carboxylic acids is 4. The number of carbonyl (C=O) groups is 4. The molecule has 0 radical (unpaired) electrons. The van der Waals surface area contributed by atoms with Crippen molar-refractivity contribution in [1.29, 1.82) is 0 Å². The van der Waals surface area contributed by atoms with Crippen LogP contribution in [0.2, 0.25) is 18.1 Å². The number of ketones is 2. The number of ether oxygens (including phenoxy) is 4. The molecule has 1 aliphatic carbocycles. The van der Waals surface area contributed by atoms with Crippen LogP contribution in [-0.4, -0.2) is 116 Å². The minimum Gasteiger partial charge on any atom is -0.456 e. The molecule has 0 aromatic rings. The first-order chi connectivity index (χ1) is 28.5. The van der Waals surface area contributed by atoms with Crippen LogP contribution in [0.4, 0.5) is 0 Å². The van der Waals surface area contributed by atoms with E-state index >= 15 is 0 Å². The van der Waals surface area contributed by atoms with Gasteiger partial charge in [0.2, 0.25) is 5.79 Å². The van der Waals surface area contributed by atoms with E-state index in [1.807, 2.05) is 27.7 Å². The first kappa shape index (κ1) is 51.4. The highest BCUT2D eigenvalue weighted by molar-refractivity contribution is 6.74. The molecule has 2 bridgehead atoms. The number of hydrogen-bond donors (Lipinski definition) is 2. The summed E-state index contributed by atoms with van der Waals surface area (Å²) in [5.41, 5.74) is 1.92. The molecular weight excluding hydrogens is 795 g/mol. The topological polar surface area (TPSA) is 158 Å². The van der Waals surface area contributed by atoms with Crippen molar-refractivity contribution in [2.75, 3.05) is 20.8 Å². The zero-order chi connectivity index (χ0) is 45.6. The lowest BCUT2D eigenvalue weighted by Gasteiger charge is -2.47. The van der Waals surface area contributed by atoms with Crippen LogP contribution in [0, 0.1) is 29.6 Å². The fourth-order valence-electron chi connectivity index (χ4n) is 9.82. The van der Waals surface area contributed by atoms with Crippen LogP contribution in [0.5, 0.6) is 0 Å². The van der Waals surface area contributed by atoms with E-state index in [9.17, 15) is 29.4 Å². The summed E-state index contributed by atoms with van der Waals surface area (Å²) < 4.78 is 31.3. The van der Waals surface area contributed by atoms with Crippen molar-refractivity contribution in [3.63, 3.8) is 0 Å². The summed E-state index contributed by atoms with van der Waals surface area (Å²) in [7, 11) is 0.945. The van der Waals surface area contributed by atoms with Gasteiger partial charge in [0.1, 0.15) is 24.0 Å². The van der Waals surface area contributed by atoms with Crippen molar-refractivity contribution in [1.82, 2.24) is 4.90 Å². The minimum atomic E-state index is -2.47. The number of rotatable bonds is 7. The predicted molar refractivity (Wildman–Crippen MR) is 238 cm³/mol. The monoisotopic (exact) mass is 876 g/mol. The number of Topliss-reactive ketones (excluding diaryl/α,β-unsaturated/α-hetero) is 2. The van der Waals surface area contributed by atoms with Crippen molar-refractivity contribution in [2.24, 2.45) is 29.6 Å². The van der Waals surface area contributed by atoms with Crippen LogP contribution in [0.3, 0.4) is 0 Å². The molecule has 12 nitrogen and oxygen atoms in total. The number of allylic oxidation sites excluding steroid dienone is 3. The van der Waals surface area contributed by atoms with E-state index < -0.39 is 74.2 Å². The molecule has 4 rings (SSSR count). The number of methoxy groups -OCH3 is 2. The molecule has 0 aromatic heterocycles. The summed E-state index contributed by atoms with van der Waals surface area (Å²) in [6.07, 6.45) is 7.08. The molecule has 4 aliphatic rings. The molecule has 0 aromatic carbocycles. The maximum absolute atomic E-state index is 14.5. The standard InChI is InChI=1S/C48H81NO11Si/c1-14-35-24-29(2)23-30(3)25-40(56-10)43-41(57-11)27-33(6)48(55,59-43)44(52)45(53)49-22-16-15-17-36(49)46(54)58-42(31(4)18-20-37(35)50)32(5)26-34-19-21-38(51)39(28-34)60-61(12,13)47(7,8)9/h24,26,30-31,33-36,38-43,51,55H,14-23,25,27-28H2,1-13H3. The summed E-state index contributed by atoms with van der Waals surface area (Å²) in [6.45, 7) is 22.9. The fraction of sp³-hybridized carbons (Fsp3) is 0.833. The number of piperidine rings is 1. The van der Waals surface area contributed by atoms with E-state index in [0.717, 1.165) is 17.6 Å². The molecule has 13 heteroatoms. The van der Waals surface area contributed by atoms with Gasteiger partial charge in [-0.25, -0.2) is 4.79 Å². The van der Waals surface area contributed by atoms with Gasteiger partial charge in [0.25, 0.3) is 11.7 Å². The van der Waals surface area contributed by atoms with Gasteiger partial charge in [-0.3, -0.25) is 14.4 Å². The van der Waals surface area contributed by atoms with Crippen molar-refractivity contribution in [2.45, 2.75) is 206 Å². The van der Waals surface area contributed by atoms with E-state index in [-0.39, 0.29) is 53.6 Å². The van der Waals surface area contributed by atoms with Crippen LogP contribution < -0.4 is 0 Å². The van der Waals surface area contributed by atoms with Crippen molar-refractivity contribution < 1.29 is 52.8 Å². The number of aliphatic hydroxyl groups excluding tert-OH is 1. The zero-order valence-corrected chi connectivity index (χ0v) is 40.8. The van der Waals surface area contributed by atoms with E-state index in [1.54, 1.807) is 21.1 Å². The Morgan fingerprint density at radius 2 is 1.62 bits per heavy atom. The second kappa shape index (κ2) is 21.6. The normalized spacial score (nSPS) is 37.7. The Labute approximate surface area is 368 Å². The molecule has 1 amide bonds. The maximum Gasteiger partial charge on any atom is 0.329 e. The van der Waals surface area contributed by atoms with Crippen LogP contribution in [-0.2, 0) is 42.6 Å². The largest absolute Gasteiger partial charge is 0.456 e. The summed E-state index contributed by atoms with van der Waals surface area (Å²) in [5, 5.41) is 23.1. The van der Waals surface area contributed by atoms with E-state index in [0.29, 0.717) is 64.2 Å². The average molecular weight is 876 g/mol. The third-order valence-electron chi connectivity index (χ3n) is 14.7. The van der Waals surface area contributed by atoms with Crippen LogP contribution in [0.1, 0.15) is 139 Å². The van der Waals surface area contributed by atoms with Gasteiger partial charge in [0, 0.05) is 39.0 Å². The number of nitrogens with zero attached hydrogens (tertiary/aromatic N) is 1. The smallest absolute Gasteiger partial charge is 0.329 e. The molecule has 0 spiro atoms. The molecule has 2 N–H and O–H groups in total. The second-order valence-corrected chi connectivity index (χ2v) is 25.4. The van der Waals surface area contributed by atoms with E-state index in [1.165, 1.54) is 4.90 Å².